The van der Waals surface area contributed by atoms with E-state index >= 15 is 0 Å². The Bertz CT molecular complexity index is 618. The number of phenolic OH excluding ortho intramolecular Hbond substituents is 1. The summed E-state index contributed by atoms with van der Waals surface area (Å²) in [4.78, 5) is 0. The Balaban J connectivity index is 0.000000186. The number of aromatic nitrogens is 3. The lowest BCUT2D eigenvalue weighted by molar-refractivity contribution is 0.418. The molecule has 0 unspecified atom stereocenters. The maximum Gasteiger partial charge on any atom is 0.126 e. The molecule has 2 aromatic carbocycles. The van der Waals surface area contributed by atoms with E-state index in [0.717, 1.165) is 16.5 Å². The summed E-state index contributed by atoms with van der Waals surface area (Å²) < 4.78 is 5.17. The normalized spacial score (nSPS) is 9.53. The maximum absolute atomic E-state index is 9.54. The molecular formula is C14H13N3O2. The highest BCUT2D eigenvalue weighted by atomic mass is 16.5. The molecule has 19 heavy (non-hydrogen) atoms. The number of aromatic hydroxyl groups is 1. The van der Waals surface area contributed by atoms with Gasteiger partial charge in [-0.1, -0.05) is 24.3 Å². The van der Waals surface area contributed by atoms with Gasteiger partial charge >= 0.3 is 0 Å². The average molecular weight is 255 g/mol. The third-order valence-corrected chi connectivity index (χ3v) is 2.49. The summed E-state index contributed by atoms with van der Waals surface area (Å²) in [6.45, 7) is 0. The number of phenols is 1. The van der Waals surface area contributed by atoms with Crippen LogP contribution in [0.5, 0.6) is 11.5 Å². The number of rotatable bonds is 1. The fraction of sp³-hybridized carbons (Fsp3) is 0.0714. The van der Waals surface area contributed by atoms with Gasteiger partial charge in [-0.2, -0.15) is 0 Å². The zero-order valence-electron chi connectivity index (χ0n) is 10.4. The van der Waals surface area contributed by atoms with Gasteiger partial charge in [-0.3, -0.25) is 0 Å². The Morgan fingerprint density at radius 1 is 0.895 bits per heavy atom. The number of hydrogen-bond acceptors (Lipinski definition) is 5. The van der Waals surface area contributed by atoms with Crippen molar-refractivity contribution >= 4 is 10.8 Å². The second-order valence-corrected chi connectivity index (χ2v) is 3.64. The summed E-state index contributed by atoms with van der Waals surface area (Å²) >= 11 is 0. The molecule has 0 aliphatic heterocycles. The molecule has 96 valence electrons. The van der Waals surface area contributed by atoms with Crippen molar-refractivity contribution in [3.05, 3.63) is 54.9 Å². The summed E-state index contributed by atoms with van der Waals surface area (Å²) in [5.74, 6) is 1.07. The second kappa shape index (κ2) is 6.30. The molecule has 0 fully saturated rings. The van der Waals surface area contributed by atoms with E-state index in [0.29, 0.717) is 0 Å². The molecule has 0 saturated carbocycles. The number of benzene rings is 2. The molecule has 5 heteroatoms. The minimum Gasteiger partial charge on any atom is -0.507 e. The summed E-state index contributed by atoms with van der Waals surface area (Å²) in [6, 6.07) is 12.7. The van der Waals surface area contributed by atoms with Gasteiger partial charge in [-0.05, 0) is 23.4 Å². The Morgan fingerprint density at radius 3 is 2.11 bits per heavy atom. The Kier molecular flexibility index (Phi) is 4.23. The largest absolute Gasteiger partial charge is 0.507 e. The fourth-order valence-corrected chi connectivity index (χ4v) is 1.64. The molecule has 0 aliphatic rings. The number of nitrogens with zero attached hydrogens (tertiary/aromatic N) is 3. The zero-order valence-corrected chi connectivity index (χ0v) is 10.4. The van der Waals surface area contributed by atoms with Crippen molar-refractivity contribution in [2.24, 2.45) is 0 Å². The van der Waals surface area contributed by atoms with E-state index in [1.807, 2.05) is 24.3 Å². The molecule has 1 aromatic heterocycles. The lowest BCUT2D eigenvalue weighted by atomic mass is 10.1. The molecule has 1 heterocycles. The Labute approximate surface area is 110 Å². The zero-order chi connectivity index (χ0) is 13.5. The van der Waals surface area contributed by atoms with Crippen LogP contribution in [0.15, 0.2) is 54.9 Å². The van der Waals surface area contributed by atoms with Gasteiger partial charge in [-0.25, -0.2) is 0 Å². The summed E-state index contributed by atoms with van der Waals surface area (Å²) in [7, 11) is 1.62. The molecular weight excluding hydrogens is 242 g/mol. The third kappa shape index (κ3) is 3.16. The van der Waals surface area contributed by atoms with Gasteiger partial charge in [0.25, 0.3) is 0 Å². The van der Waals surface area contributed by atoms with Crippen LogP contribution in [0.4, 0.5) is 0 Å². The van der Waals surface area contributed by atoms with Gasteiger partial charge in [0.15, 0.2) is 0 Å². The van der Waals surface area contributed by atoms with Crippen molar-refractivity contribution in [3.8, 4) is 11.5 Å². The van der Waals surface area contributed by atoms with E-state index in [1.165, 1.54) is 0 Å². The Hall–Kier alpha value is -2.69. The van der Waals surface area contributed by atoms with E-state index in [2.05, 4.69) is 15.4 Å². The minimum atomic E-state index is 0.288. The Morgan fingerprint density at radius 2 is 1.58 bits per heavy atom. The SMILES string of the molecule is COc1ccc(O)c2ccccc12.c1cnnnc1. The molecule has 0 radical (unpaired) electrons. The van der Waals surface area contributed by atoms with Crippen LogP contribution in [-0.2, 0) is 0 Å². The molecule has 0 saturated heterocycles. The first kappa shape index (κ1) is 12.8. The van der Waals surface area contributed by atoms with Crippen molar-refractivity contribution in [1.82, 2.24) is 15.4 Å². The second-order valence-electron chi connectivity index (χ2n) is 3.64. The minimum absolute atomic E-state index is 0.288. The quantitative estimate of drug-likeness (QED) is 0.723. The number of ether oxygens (including phenoxy) is 1. The summed E-state index contributed by atoms with van der Waals surface area (Å²) in [5.41, 5.74) is 0. The first-order valence-corrected chi connectivity index (χ1v) is 5.66. The number of hydrogen-bond donors (Lipinski definition) is 1. The topological polar surface area (TPSA) is 68.1 Å². The lowest BCUT2D eigenvalue weighted by Crippen LogP contribution is -1.84. The van der Waals surface area contributed by atoms with E-state index in [9.17, 15) is 5.11 Å². The van der Waals surface area contributed by atoms with Crippen LogP contribution < -0.4 is 4.74 Å². The average Bonchev–Trinajstić information content (AvgIpc) is 2.50. The molecule has 0 atom stereocenters. The van der Waals surface area contributed by atoms with Crippen LogP contribution in [0.2, 0.25) is 0 Å². The summed E-state index contributed by atoms with van der Waals surface area (Å²) in [6.07, 6.45) is 3.15. The van der Waals surface area contributed by atoms with Gasteiger partial charge in [0.1, 0.15) is 11.5 Å². The van der Waals surface area contributed by atoms with Crippen molar-refractivity contribution in [2.75, 3.05) is 7.11 Å². The van der Waals surface area contributed by atoms with Gasteiger partial charge in [0.05, 0.1) is 19.5 Å². The van der Waals surface area contributed by atoms with Crippen LogP contribution in [0.1, 0.15) is 0 Å². The first-order chi connectivity index (χ1) is 9.33. The van der Waals surface area contributed by atoms with Crippen LogP contribution in [0.3, 0.4) is 0 Å². The van der Waals surface area contributed by atoms with Crippen LogP contribution in [-0.4, -0.2) is 27.6 Å². The standard InChI is InChI=1S/C11H10O2.C3H3N3/c1-13-11-7-6-10(12)8-4-2-3-5-9(8)11;1-2-4-6-5-3-1/h2-7,12H,1H3;1-3H. The lowest BCUT2D eigenvalue weighted by Gasteiger charge is -2.05. The van der Waals surface area contributed by atoms with E-state index in [-0.39, 0.29) is 5.75 Å². The molecule has 0 amide bonds. The van der Waals surface area contributed by atoms with Gasteiger partial charge in [-0.15, -0.1) is 10.2 Å². The van der Waals surface area contributed by atoms with E-state index in [1.54, 1.807) is 37.7 Å². The van der Waals surface area contributed by atoms with Crippen molar-refractivity contribution in [3.63, 3.8) is 0 Å². The van der Waals surface area contributed by atoms with Gasteiger partial charge < -0.3 is 9.84 Å². The van der Waals surface area contributed by atoms with Crippen LogP contribution >= 0.6 is 0 Å². The number of methoxy groups -OCH3 is 1. The monoisotopic (exact) mass is 255 g/mol. The van der Waals surface area contributed by atoms with Crippen LogP contribution in [0.25, 0.3) is 10.8 Å². The molecule has 0 bridgehead atoms. The van der Waals surface area contributed by atoms with Crippen molar-refractivity contribution in [2.45, 2.75) is 0 Å². The smallest absolute Gasteiger partial charge is 0.126 e. The van der Waals surface area contributed by atoms with Gasteiger partial charge in [0.2, 0.25) is 0 Å². The third-order valence-electron chi connectivity index (χ3n) is 2.49. The predicted molar refractivity (Wildman–Crippen MR) is 72.0 cm³/mol. The van der Waals surface area contributed by atoms with E-state index < -0.39 is 0 Å². The summed E-state index contributed by atoms with van der Waals surface area (Å²) in [5, 5.41) is 21.4. The molecule has 5 nitrogen and oxygen atoms in total. The fourth-order valence-electron chi connectivity index (χ4n) is 1.64. The highest BCUT2D eigenvalue weighted by molar-refractivity contribution is 5.92. The number of fused-ring (bicyclic) bond motifs is 1. The van der Waals surface area contributed by atoms with Gasteiger partial charge in [0, 0.05) is 10.8 Å². The first-order valence-electron chi connectivity index (χ1n) is 5.66. The molecule has 3 aromatic rings. The maximum atomic E-state index is 9.54. The van der Waals surface area contributed by atoms with Crippen molar-refractivity contribution < 1.29 is 9.84 Å². The molecule has 3 rings (SSSR count). The van der Waals surface area contributed by atoms with Crippen LogP contribution in [0, 0.1) is 0 Å². The van der Waals surface area contributed by atoms with E-state index in [4.69, 9.17) is 4.74 Å². The molecule has 0 spiro atoms. The highest BCUT2D eigenvalue weighted by Gasteiger charge is 2.03. The highest BCUT2D eigenvalue weighted by Crippen LogP contribution is 2.31. The molecule has 1 N–H and O–H groups in total. The molecule has 0 aliphatic carbocycles. The predicted octanol–water partition coefficient (Wildman–Crippen LogP) is 2.43. The van der Waals surface area contributed by atoms with Crippen molar-refractivity contribution in [1.29, 1.82) is 0 Å².